The van der Waals surface area contributed by atoms with E-state index in [1.54, 1.807) is 12.1 Å². The number of hydrogen-bond donors (Lipinski definition) is 2. The van der Waals surface area contributed by atoms with Gasteiger partial charge in [0.1, 0.15) is 18.8 Å². The molecule has 0 amide bonds. The number of aryl methyl sites for hydroxylation is 1. The summed E-state index contributed by atoms with van der Waals surface area (Å²) in [7, 11) is -2.22. The van der Waals surface area contributed by atoms with Crippen molar-refractivity contribution >= 4 is 7.60 Å². The van der Waals surface area contributed by atoms with E-state index < -0.39 is 7.60 Å². The van der Waals surface area contributed by atoms with Gasteiger partial charge in [-0.2, -0.15) is 0 Å². The maximum Gasteiger partial charge on any atom is 0.190 e. The molecule has 0 heterocycles. The lowest BCUT2D eigenvalue weighted by Crippen LogP contribution is -2.50. The van der Waals surface area contributed by atoms with E-state index in [-0.39, 0.29) is 25.9 Å². The molecule has 1 aromatic carbocycles. The van der Waals surface area contributed by atoms with E-state index >= 15 is 0 Å². The van der Waals surface area contributed by atoms with Crippen LogP contribution in [0.4, 0.5) is 0 Å². The molecule has 1 unspecified atom stereocenters. The smallest absolute Gasteiger partial charge is 0.190 e. The van der Waals surface area contributed by atoms with E-state index in [0.29, 0.717) is 23.3 Å². The Labute approximate surface area is 176 Å². The Morgan fingerprint density at radius 2 is 1.48 bits per heavy atom. The number of hydrogen-bond acceptors (Lipinski definition) is 5. The monoisotopic (exact) mass is 429 g/mol. The summed E-state index contributed by atoms with van der Waals surface area (Å²) in [6.07, 6.45) is 9.77. The van der Waals surface area contributed by atoms with Crippen LogP contribution in [0.1, 0.15) is 57.4 Å². The van der Waals surface area contributed by atoms with Crippen LogP contribution in [0.25, 0.3) is 0 Å². The summed E-state index contributed by atoms with van der Waals surface area (Å²) in [4.78, 5) is 12.3. The Morgan fingerprint density at radius 1 is 0.931 bits per heavy atom. The summed E-state index contributed by atoms with van der Waals surface area (Å²) in [5.74, 6) is 0.338. The number of aliphatic hydroxyl groups excluding tert-OH is 2. The molecule has 0 saturated heterocycles. The summed E-state index contributed by atoms with van der Waals surface area (Å²) < 4.78 is 17.9. The molecular weight excluding hydrogens is 389 g/mol. The van der Waals surface area contributed by atoms with Crippen molar-refractivity contribution in [2.75, 3.05) is 46.1 Å². The van der Waals surface area contributed by atoms with Gasteiger partial charge >= 0.3 is 0 Å². The first kappa shape index (κ1) is 26.1. The molecule has 2 N–H and O–H groups in total. The van der Waals surface area contributed by atoms with E-state index in [4.69, 9.17) is 14.7 Å². The topological polar surface area (TPSA) is 89.8 Å². The molecule has 6 nitrogen and oxygen atoms in total. The highest BCUT2D eigenvalue weighted by molar-refractivity contribution is 7.51. The van der Waals surface area contributed by atoms with Gasteiger partial charge in [-0.15, -0.1) is 0 Å². The Bertz CT molecular complexity index is 587. The quantitative estimate of drug-likeness (QED) is 0.225. The normalized spacial score (nSPS) is 14.0. The van der Waals surface area contributed by atoms with Crippen LogP contribution >= 0.6 is 7.60 Å². The second-order valence-electron chi connectivity index (χ2n) is 8.18. The average molecular weight is 430 g/mol. The lowest BCUT2D eigenvalue weighted by molar-refractivity contribution is -0.908. The van der Waals surface area contributed by atoms with E-state index in [9.17, 15) is 9.46 Å². The van der Waals surface area contributed by atoms with Gasteiger partial charge in [0.15, 0.2) is 7.60 Å². The average Bonchev–Trinajstić information content (AvgIpc) is 2.67. The van der Waals surface area contributed by atoms with E-state index in [0.717, 1.165) is 12.8 Å². The molecule has 0 aliphatic carbocycles. The molecule has 0 fully saturated rings. The number of rotatable bonds is 17. The molecule has 29 heavy (non-hydrogen) atoms. The maximum atomic E-state index is 12.3. The van der Waals surface area contributed by atoms with Gasteiger partial charge in [0.2, 0.25) is 0 Å². The highest BCUT2D eigenvalue weighted by atomic mass is 31.2. The van der Waals surface area contributed by atoms with Crippen LogP contribution in [-0.4, -0.2) is 60.8 Å². The summed E-state index contributed by atoms with van der Waals surface area (Å²) in [6.45, 7) is 3.20. The minimum Gasteiger partial charge on any atom is -0.769 e. The van der Waals surface area contributed by atoms with Crippen LogP contribution < -0.4 is 9.42 Å². The summed E-state index contributed by atoms with van der Waals surface area (Å²) in [5, 5.41) is 18.3. The zero-order valence-electron chi connectivity index (χ0n) is 18.2. The lowest BCUT2D eigenvalue weighted by Gasteiger charge is -2.35. The molecule has 0 radical (unpaired) electrons. The number of likely N-dealkylation sites (N-methyl/N-ethyl adjacent to an activating group) is 1. The highest BCUT2D eigenvalue weighted by Crippen LogP contribution is 2.38. The molecule has 0 spiro atoms. The molecule has 0 aliphatic heterocycles. The summed E-state index contributed by atoms with van der Waals surface area (Å²) in [6, 6.07) is 7.31. The number of quaternary nitrogens is 1. The van der Waals surface area contributed by atoms with Gasteiger partial charge in [0, 0.05) is 0 Å². The van der Waals surface area contributed by atoms with Gasteiger partial charge in [0.05, 0.1) is 33.0 Å². The predicted octanol–water partition coefficient (Wildman–Crippen LogP) is 3.34. The van der Waals surface area contributed by atoms with Crippen LogP contribution in [0, 0.1) is 0 Å². The van der Waals surface area contributed by atoms with Crippen molar-refractivity contribution in [1.82, 2.24) is 0 Å². The molecule has 1 rings (SSSR count). The SMILES string of the molecule is CCCCCCCCCc1ccc(OP(=O)([O-])CC[N+](C)(CCO)CCO)cc1. The first-order valence-corrected chi connectivity index (χ1v) is 12.7. The van der Waals surface area contributed by atoms with Gasteiger partial charge in [-0.25, -0.2) is 0 Å². The van der Waals surface area contributed by atoms with Gasteiger partial charge < -0.3 is 24.1 Å². The second-order valence-corrected chi connectivity index (χ2v) is 10.0. The molecule has 0 bridgehead atoms. The molecule has 0 aliphatic rings. The Balaban J connectivity index is 2.41. The number of nitrogens with zero attached hydrogens (tertiary/aromatic N) is 1. The third-order valence-corrected chi connectivity index (χ3v) is 6.67. The predicted molar refractivity (Wildman–Crippen MR) is 116 cm³/mol. The zero-order valence-corrected chi connectivity index (χ0v) is 19.1. The maximum absolute atomic E-state index is 12.3. The first-order chi connectivity index (χ1) is 13.8. The highest BCUT2D eigenvalue weighted by Gasteiger charge is 2.24. The van der Waals surface area contributed by atoms with E-state index in [2.05, 4.69) is 6.92 Å². The van der Waals surface area contributed by atoms with Crippen LogP contribution in [0.5, 0.6) is 5.75 Å². The fourth-order valence-corrected chi connectivity index (χ4v) is 4.65. The van der Waals surface area contributed by atoms with Crippen molar-refractivity contribution in [3.05, 3.63) is 29.8 Å². The van der Waals surface area contributed by atoms with E-state index in [1.807, 2.05) is 19.2 Å². The summed E-state index contributed by atoms with van der Waals surface area (Å²) >= 11 is 0. The van der Waals surface area contributed by atoms with Crippen molar-refractivity contribution < 1.29 is 28.7 Å². The van der Waals surface area contributed by atoms with Crippen LogP contribution in [0.2, 0.25) is 0 Å². The van der Waals surface area contributed by atoms with Crippen LogP contribution in [0.3, 0.4) is 0 Å². The number of aliphatic hydroxyl groups is 2. The van der Waals surface area contributed by atoms with Gasteiger partial charge in [-0.3, -0.25) is 4.57 Å². The Morgan fingerprint density at radius 3 is 2.03 bits per heavy atom. The van der Waals surface area contributed by atoms with Gasteiger partial charge in [-0.05, 0) is 30.5 Å². The minimum atomic E-state index is -4.04. The van der Waals surface area contributed by atoms with Crippen molar-refractivity contribution in [1.29, 1.82) is 0 Å². The lowest BCUT2D eigenvalue weighted by atomic mass is 10.0. The molecule has 1 atom stereocenters. The van der Waals surface area contributed by atoms with Crippen molar-refractivity contribution in [2.24, 2.45) is 0 Å². The third kappa shape index (κ3) is 11.8. The van der Waals surface area contributed by atoms with Crippen molar-refractivity contribution in [3.8, 4) is 5.75 Å². The molecule has 168 valence electrons. The Hall–Kier alpha value is -0.910. The standard InChI is InChI=1S/C22H40NO5P/c1-3-4-5-6-7-8-9-10-21-11-13-22(14-12-21)28-29(26,27)20-17-23(2,15-18-24)16-19-25/h11-14,24-25H,3-10,15-20H2,1-2H3. The summed E-state index contributed by atoms with van der Waals surface area (Å²) in [5.41, 5.74) is 1.20. The molecule has 7 heteroatoms. The second kappa shape index (κ2) is 14.2. The molecule has 1 aromatic rings. The van der Waals surface area contributed by atoms with Crippen molar-refractivity contribution in [3.63, 3.8) is 0 Å². The third-order valence-electron chi connectivity index (χ3n) is 5.43. The van der Waals surface area contributed by atoms with Crippen LogP contribution in [-0.2, 0) is 11.0 Å². The largest absolute Gasteiger partial charge is 0.769 e. The number of unbranched alkanes of at least 4 members (excludes halogenated alkanes) is 6. The zero-order chi connectivity index (χ0) is 21.6. The molecule has 0 aromatic heterocycles. The number of benzene rings is 1. The van der Waals surface area contributed by atoms with Gasteiger partial charge in [-0.1, -0.05) is 57.6 Å². The van der Waals surface area contributed by atoms with Gasteiger partial charge in [0.25, 0.3) is 0 Å². The minimum absolute atomic E-state index is 0.0548. The Kier molecular flexibility index (Phi) is 12.8. The fraction of sp³-hybridized carbons (Fsp3) is 0.727. The first-order valence-electron chi connectivity index (χ1n) is 11.0. The van der Waals surface area contributed by atoms with Crippen molar-refractivity contribution in [2.45, 2.75) is 58.3 Å². The fourth-order valence-electron chi connectivity index (χ4n) is 3.39. The van der Waals surface area contributed by atoms with Crippen LogP contribution in [0.15, 0.2) is 24.3 Å². The molecule has 0 saturated carbocycles. The van der Waals surface area contributed by atoms with E-state index in [1.165, 1.54) is 44.1 Å². The molecular formula is C22H40NO5P.